The Morgan fingerprint density at radius 2 is 1.76 bits per heavy atom. The van der Waals surface area contributed by atoms with Gasteiger partial charge in [0.25, 0.3) is 11.8 Å². The van der Waals surface area contributed by atoms with E-state index in [1.54, 1.807) is 35.6 Å². The Kier molecular flexibility index (Phi) is 5.28. The van der Waals surface area contributed by atoms with Crippen molar-refractivity contribution in [2.24, 2.45) is 0 Å². The van der Waals surface area contributed by atoms with Gasteiger partial charge in [0.05, 0.1) is 16.7 Å². The zero-order chi connectivity index (χ0) is 20.4. The van der Waals surface area contributed by atoms with E-state index in [-0.39, 0.29) is 12.5 Å². The van der Waals surface area contributed by atoms with E-state index in [1.165, 1.54) is 23.1 Å². The van der Waals surface area contributed by atoms with Gasteiger partial charge in [-0.15, -0.1) is 22.7 Å². The van der Waals surface area contributed by atoms with Crippen LogP contribution in [0.5, 0.6) is 0 Å². The van der Waals surface area contributed by atoms with Gasteiger partial charge < -0.3 is 15.4 Å². The molecule has 0 saturated heterocycles. The molecule has 2 aromatic heterocycles. The number of amides is 2. The largest absolute Gasteiger partial charge is 0.468 e. The molecule has 8 heteroatoms. The molecule has 0 aliphatic heterocycles. The molecule has 2 heterocycles. The van der Waals surface area contributed by atoms with Gasteiger partial charge in [-0.05, 0) is 30.3 Å². The first-order valence-electron chi connectivity index (χ1n) is 8.72. The lowest BCUT2D eigenvalue weighted by Gasteiger charge is -2.07. The number of anilines is 1. The number of ether oxygens (including phenoxy) is 1. The second kappa shape index (κ2) is 8.02. The molecular weight excluding hydrogens is 408 g/mol. The van der Waals surface area contributed by atoms with Gasteiger partial charge in [-0.3, -0.25) is 14.4 Å². The number of hydrogen-bond acceptors (Lipinski definition) is 6. The summed E-state index contributed by atoms with van der Waals surface area (Å²) in [5.41, 5.74) is 0.840. The molecule has 0 atom stereocenters. The number of carbonyl (C=O) groups excluding carboxylic acids is 3. The molecule has 4 aromatic rings. The van der Waals surface area contributed by atoms with Crippen molar-refractivity contribution in [2.75, 3.05) is 19.0 Å². The predicted octanol–water partition coefficient (Wildman–Crippen LogP) is 4.27. The van der Waals surface area contributed by atoms with Gasteiger partial charge in [-0.25, -0.2) is 0 Å². The van der Waals surface area contributed by atoms with Crippen molar-refractivity contribution in [3.63, 3.8) is 0 Å². The SMILES string of the molecule is COC(=O)CNC(=O)c1cccc(NC(=O)c2cc3sc4ccccc4c3s2)c1. The highest BCUT2D eigenvalue weighted by molar-refractivity contribution is 7.33. The average Bonchev–Trinajstić information content (AvgIpc) is 3.30. The summed E-state index contributed by atoms with van der Waals surface area (Å²) in [6.07, 6.45) is 0. The number of esters is 1. The molecule has 0 radical (unpaired) electrons. The lowest BCUT2D eigenvalue weighted by atomic mass is 10.2. The van der Waals surface area contributed by atoms with E-state index < -0.39 is 11.9 Å². The van der Waals surface area contributed by atoms with E-state index >= 15 is 0 Å². The molecule has 146 valence electrons. The van der Waals surface area contributed by atoms with E-state index in [4.69, 9.17) is 0 Å². The van der Waals surface area contributed by atoms with Crippen LogP contribution in [-0.2, 0) is 9.53 Å². The van der Waals surface area contributed by atoms with E-state index in [0.29, 0.717) is 16.1 Å². The zero-order valence-electron chi connectivity index (χ0n) is 15.4. The van der Waals surface area contributed by atoms with Crippen LogP contribution in [0.2, 0.25) is 0 Å². The summed E-state index contributed by atoms with van der Waals surface area (Å²) in [7, 11) is 1.25. The molecule has 2 amide bonds. The van der Waals surface area contributed by atoms with Crippen LogP contribution in [0.4, 0.5) is 5.69 Å². The van der Waals surface area contributed by atoms with E-state index in [2.05, 4.69) is 27.5 Å². The molecule has 29 heavy (non-hydrogen) atoms. The summed E-state index contributed by atoms with van der Waals surface area (Å²) < 4.78 is 7.88. The summed E-state index contributed by atoms with van der Waals surface area (Å²) in [5, 5.41) is 6.46. The number of nitrogens with one attached hydrogen (secondary N) is 2. The fourth-order valence-corrected chi connectivity index (χ4v) is 5.29. The average molecular weight is 425 g/mol. The van der Waals surface area contributed by atoms with E-state index in [0.717, 1.165) is 14.8 Å². The standard InChI is InChI=1S/C21H16N2O4S2/c1-27-18(24)11-22-20(25)12-5-4-6-13(9-12)23-21(26)17-10-16-19(29-17)14-7-2-3-8-15(14)28-16/h2-10H,11H2,1H3,(H,22,25)(H,23,26). The smallest absolute Gasteiger partial charge is 0.325 e. The Balaban J connectivity index is 1.50. The third kappa shape index (κ3) is 3.98. The van der Waals surface area contributed by atoms with Crippen LogP contribution in [0.3, 0.4) is 0 Å². The van der Waals surface area contributed by atoms with Crippen molar-refractivity contribution in [1.29, 1.82) is 0 Å². The maximum atomic E-state index is 12.7. The van der Waals surface area contributed by atoms with Crippen molar-refractivity contribution in [2.45, 2.75) is 0 Å². The molecule has 4 rings (SSSR count). The minimum Gasteiger partial charge on any atom is -0.468 e. The van der Waals surface area contributed by atoms with Crippen molar-refractivity contribution in [3.8, 4) is 0 Å². The minimum absolute atomic E-state index is 0.216. The Bertz CT molecular complexity index is 1240. The quantitative estimate of drug-likeness (QED) is 0.469. The summed E-state index contributed by atoms with van der Waals surface area (Å²) in [6.45, 7) is -0.216. The number of thiophene rings is 2. The Morgan fingerprint density at radius 1 is 0.931 bits per heavy atom. The van der Waals surface area contributed by atoms with Crippen molar-refractivity contribution < 1.29 is 19.1 Å². The third-order valence-corrected chi connectivity index (χ3v) is 6.69. The maximum Gasteiger partial charge on any atom is 0.325 e. The molecular formula is C21H16N2O4S2. The lowest BCUT2D eigenvalue weighted by Crippen LogP contribution is -2.30. The number of fused-ring (bicyclic) bond motifs is 3. The summed E-state index contributed by atoms with van der Waals surface area (Å²) in [5.74, 6) is -1.18. The van der Waals surface area contributed by atoms with Gasteiger partial charge >= 0.3 is 5.97 Å². The van der Waals surface area contributed by atoms with E-state index in [9.17, 15) is 14.4 Å². The maximum absolute atomic E-state index is 12.7. The lowest BCUT2D eigenvalue weighted by molar-refractivity contribution is -0.139. The van der Waals surface area contributed by atoms with Gasteiger partial charge in [-0.2, -0.15) is 0 Å². The Hall–Kier alpha value is -3.23. The summed E-state index contributed by atoms with van der Waals surface area (Å²) in [6, 6.07) is 16.6. The Labute approximate surface area is 174 Å². The molecule has 0 saturated carbocycles. The van der Waals surface area contributed by atoms with Gasteiger partial charge in [-0.1, -0.05) is 24.3 Å². The van der Waals surface area contributed by atoms with E-state index in [1.807, 2.05) is 18.2 Å². The van der Waals surface area contributed by atoms with Gasteiger partial charge in [0.1, 0.15) is 6.54 Å². The van der Waals surface area contributed by atoms with Gasteiger partial charge in [0, 0.05) is 26.0 Å². The number of carbonyl (C=O) groups is 3. The first-order chi connectivity index (χ1) is 14.0. The van der Waals surface area contributed by atoms with Crippen LogP contribution >= 0.6 is 22.7 Å². The molecule has 6 nitrogen and oxygen atoms in total. The predicted molar refractivity (Wildman–Crippen MR) is 116 cm³/mol. The zero-order valence-corrected chi connectivity index (χ0v) is 17.0. The van der Waals surface area contributed by atoms with Crippen LogP contribution in [0.25, 0.3) is 19.5 Å². The van der Waals surface area contributed by atoms with Gasteiger partial charge in [0.15, 0.2) is 0 Å². The second-order valence-corrected chi connectivity index (χ2v) is 8.33. The fourth-order valence-electron chi connectivity index (χ4n) is 2.87. The monoisotopic (exact) mass is 424 g/mol. The van der Waals surface area contributed by atoms with Crippen LogP contribution in [0.1, 0.15) is 20.0 Å². The second-order valence-electron chi connectivity index (χ2n) is 6.20. The molecule has 0 bridgehead atoms. The van der Waals surface area contributed by atoms with Crippen molar-refractivity contribution in [3.05, 3.63) is 65.0 Å². The molecule has 0 aliphatic rings. The molecule has 0 spiro atoms. The topological polar surface area (TPSA) is 84.5 Å². The summed E-state index contributed by atoms with van der Waals surface area (Å²) in [4.78, 5) is 36.6. The van der Waals surface area contributed by atoms with Gasteiger partial charge in [0.2, 0.25) is 0 Å². The highest BCUT2D eigenvalue weighted by Gasteiger charge is 2.15. The first-order valence-corrected chi connectivity index (χ1v) is 10.4. The highest BCUT2D eigenvalue weighted by Crippen LogP contribution is 2.39. The van der Waals surface area contributed by atoms with Crippen molar-refractivity contribution >= 4 is 65.6 Å². The van der Waals surface area contributed by atoms with Crippen LogP contribution in [0.15, 0.2) is 54.6 Å². The number of rotatable bonds is 5. The number of benzene rings is 2. The molecule has 0 aliphatic carbocycles. The van der Waals surface area contributed by atoms with Crippen LogP contribution in [-0.4, -0.2) is 31.4 Å². The third-order valence-electron chi connectivity index (χ3n) is 4.28. The normalized spacial score (nSPS) is 10.8. The molecule has 2 aromatic carbocycles. The molecule has 2 N–H and O–H groups in total. The minimum atomic E-state index is -0.534. The van der Waals surface area contributed by atoms with Crippen LogP contribution in [0, 0.1) is 0 Å². The summed E-state index contributed by atoms with van der Waals surface area (Å²) >= 11 is 3.11. The number of methoxy groups -OCH3 is 1. The highest BCUT2D eigenvalue weighted by atomic mass is 32.1. The number of hydrogen-bond donors (Lipinski definition) is 2. The Morgan fingerprint density at radius 3 is 2.59 bits per heavy atom. The van der Waals surface area contributed by atoms with Crippen molar-refractivity contribution in [1.82, 2.24) is 5.32 Å². The molecule has 0 unspecified atom stereocenters. The van der Waals surface area contributed by atoms with Crippen LogP contribution < -0.4 is 10.6 Å². The first kappa shape index (κ1) is 19.1. The molecule has 0 fully saturated rings. The fraction of sp³-hybridized carbons (Fsp3) is 0.0952.